The van der Waals surface area contributed by atoms with E-state index in [0.29, 0.717) is 6.42 Å². The van der Waals surface area contributed by atoms with Crippen LogP contribution in [-0.4, -0.2) is 37.5 Å². The Kier molecular flexibility index (Phi) is 6.78. The highest BCUT2D eigenvalue weighted by molar-refractivity contribution is 7.89. The van der Waals surface area contributed by atoms with Crippen molar-refractivity contribution in [1.29, 1.82) is 0 Å². The standard InChI is InChI=1S/C10H18F3NO4S/c1-3-7(2)8(9(15)16)14-19(17,18)6-4-5-10(11,12)13/h7-8,14H,3-6H2,1-2H3,(H,15,16)/t7?,8-/m0/s1. The number of aliphatic carboxylic acids is 1. The number of sulfonamides is 1. The molecule has 0 bridgehead atoms. The van der Waals surface area contributed by atoms with E-state index in [9.17, 15) is 26.4 Å². The van der Waals surface area contributed by atoms with Crippen LogP contribution in [0.4, 0.5) is 13.2 Å². The monoisotopic (exact) mass is 305 g/mol. The van der Waals surface area contributed by atoms with Gasteiger partial charge in [0, 0.05) is 6.42 Å². The predicted molar refractivity (Wildman–Crippen MR) is 63.1 cm³/mol. The number of carbonyl (C=O) groups is 1. The SMILES string of the molecule is CCC(C)[C@H](NS(=O)(=O)CCCC(F)(F)F)C(=O)O. The van der Waals surface area contributed by atoms with Crippen molar-refractivity contribution in [2.24, 2.45) is 5.92 Å². The first kappa shape index (κ1) is 18.2. The molecule has 0 radical (unpaired) electrons. The molecule has 2 N–H and O–H groups in total. The third kappa shape index (κ3) is 8.04. The molecule has 0 aliphatic rings. The molecule has 0 aromatic carbocycles. The quantitative estimate of drug-likeness (QED) is 0.715. The first-order chi connectivity index (χ1) is 8.48. The Labute approximate surface area is 110 Å². The van der Waals surface area contributed by atoms with Gasteiger partial charge >= 0.3 is 12.1 Å². The van der Waals surface area contributed by atoms with E-state index in [4.69, 9.17) is 5.11 Å². The first-order valence-corrected chi connectivity index (χ1v) is 7.43. The number of carboxylic acids is 1. The molecule has 0 saturated heterocycles. The topological polar surface area (TPSA) is 83.5 Å². The lowest BCUT2D eigenvalue weighted by atomic mass is 10.0. The normalized spacial score (nSPS) is 16.1. The van der Waals surface area contributed by atoms with Gasteiger partial charge in [0.2, 0.25) is 10.0 Å². The molecule has 0 saturated carbocycles. The third-order valence-electron chi connectivity index (χ3n) is 2.66. The summed E-state index contributed by atoms with van der Waals surface area (Å²) in [6.45, 7) is 3.25. The molecule has 0 aromatic rings. The summed E-state index contributed by atoms with van der Waals surface area (Å²) in [6.07, 6.45) is -5.79. The van der Waals surface area contributed by atoms with Crippen molar-refractivity contribution in [3.05, 3.63) is 0 Å². The molecule has 0 rings (SSSR count). The van der Waals surface area contributed by atoms with Crippen LogP contribution in [0.15, 0.2) is 0 Å². The van der Waals surface area contributed by atoms with Crippen molar-refractivity contribution in [1.82, 2.24) is 4.72 Å². The van der Waals surface area contributed by atoms with E-state index in [1.54, 1.807) is 13.8 Å². The highest BCUT2D eigenvalue weighted by atomic mass is 32.2. The maximum Gasteiger partial charge on any atom is 0.389 e. The molecule has 0 fully saturated rings. The van der Waals surface area contributed by atoms with Gasteiger partial charge in [-0.05, 0) is 12.3 Å². The van der Waals surface area contributed by atoms with Gasteiger partial charge in [-0.2, -0.15) is 13.2 Å². The summed E-state index contributed by atoms with van der Waals surface area (Å²) < 4.78 is 60.6. The largest absolute Gasteiger partial charge is 0.480 e. The Balaban J connectivity index is 4.53. The van der Waals surface area contributed by atoms with Gasteiger partial charge in [0.25, 0.3) is 0 Å². The van der Waals surface area contributed by atoms with Gasteiger partial charge in [0.05, 0.1) is 5.75 Å². The Bertz CT molecular complexity index is 394. The number of hydrogen-bond acceptors (Lipinski definition) is 3. The Morgan fingerprint density at radius 2 is 1.89 bits per heavy atom. The van der Waals surface area contributed by atoms with Crippen molar-refractivity contribution >= 4 is 16.0 Å². The zero-order valence-corrected chi connectivity index (χ0v) is 11.5. The molecule has 19 heavy (non-hydrogen) atoms. The highest BCUT2D eigenvalue weighted by Gasteiger charge is 2.30. The van der Waals surface area contributed by atoms with Crippen LogP contribution in [0.1, 0.15) is 33.1 Å². The molecule has 0 heterocycles. The lowest BCUT2D eigenvalue weighted by Crippen LogP contribution is -2.45. The van der Waals surface area contributed by atoms with Crippen LogP contribution in [0, 0.1) is 5.92 Å². The van der Waals surface area contributed by atoms with Gasteiger partial charge in [0.15, 0.2) is 0 Å². The van der Waals surface area contributed by atoms with Crippen LogP contribution in [0.25, 0.3) is 0 Å². The lowest BCUT2D eigenvalue weighted by molar-refractivity contribution is -0.140. The van der Waals surface area contributed by atoms with Crippen molar-refractivity contribution in [3.63, 3.8) is 0 Å². The number of hydrogen-bond donors (Lipinski definition) is 2. The average Bonchev–Trinajstić information content (AvgIpc) is 2.22. The number of rotatable bonds is 8. The van der Waals surface area contributed by atoms with Crippen molar-refractivity contribution in [2.45, 2.75) is 45.3 Å². The summed E-state index contributed by atoms with van der Waals surface area (Å²) in [7, 11) is -4.03. The van der Waals surface area contributed by atoms with Gasteiger partial charge in [-0.3, -0.25) is 4.79 Å². The minimum Gasteiger partial charge on any atom is -0.480 e. The minimum atomic E-state index is -4.42. The molecule has 1 unspecified atom stereocenters. The second kappa shape index (κ2) is 7.09. The van der Waals surface area contributed by atoms with Crippen LogP contribution < -0.4 is 4.72 Å². The van der Waals surface area contributed by atoms with Crippen LogP contribution in [0.2, 0.25) is 0 Å². The number of nitrogens with one attached hydrogen (secondary N) is 1. The van der Waals surface area contributed by atoms with Gasteiger partial charge < -0.3 is 5.11 Å². The van der Waals surface area contributed by atoms with Crippen LogP contribution in [0.3, 0.4) is 0 Å². The zero-order chi connectivity index (χ0) is 15.3. The fourth-order valence-corrected chi connectivity index (χ4v) is 2.72. The summed E-state index contributed by atoms with van der Waals surface area (Å²) in [5.74, 6) is -2.53. The molecule has 0 amide bonds. The fraction of sp³-hybridized carbons (Fsp3) is 0.900. The van der Waals surface area contributed by atoms with Gasteiger partial charge in [-0.15, -0.1) is 0 Å². The van der Waals surface area contributed by atoms with E-state index >= 15 is 0 Å². The Hall–Kier alpha value is -0.830. The van der Waals surface area contributed by atoms with E-state index in [0.717, 1.165) is 0 Å². The molecule has 2 atom stereocenters. The van der Waals surface area contributed by atoms with E-state index in [2.05, 4.69) is 0 Å². The summed E-state index contributed by atoms with van der Waals surface area (Å²) in [4.78, 5) is 10.9. The average molecular weight is 305 g/mol. The smallest absolute Gasteiger partial charge is 0.389 e. The van der Waals surface area contributed by atoms with Gasteiger partial charge in [-0.1, -0.05) is 20.3 Å². The van der Waals surface area contributed by atoms with Crippen molar-refractivity contribution < 1.29 is 31.5 Å². The number of carboxylic acid groups (broad SMARTS) is 1. The molecule has 0 spiro atoms. The predicted octanol–water partition coefficient (Wildman–Crippen LogP) is 1.75. The molecule has 5 nitrogen and oxygen atoms in total. The second-order valence-corrected chi connectivity index (χ2v) is 6.23. The lowest BCUT2D eigenvalue weighted by Gasteiger charge is -2.20. The van der Waals surface area contributed by atoms with E-state index in [1.807, 2.05) is 4.72 Å². The summed E-state index contributed by atoms with van der Waals surface area (Å²) >= 11 is 0. The first-order valence-electron chi connectivity index (χ1n) is 5.78. The van der Waals surface area contributed by atoms with E-state index < -0.39 is 52.7 Å². The maximum atomic E-state index is 11.9. The molecular formula is C10H18F3NO4S. The Morgan fingerprint density at radius 1 is 1.37 bits per heavy atom. The van der Waals surface area contributed by atoms with Crippen LogP contribution >= 0.6 is 0 Å². The summed E-state index contributed by atoms with van der Waals surface area (Å²) in [6, 6.07) is -1.32. The van der Waals surface area contributed by atoms with E-state index in [-0.39, 0.29) is 0 Å². The molecule has 0 aliphatic heterocycles. The maximum absolute atomic E-state index is 11.9. The molecule has 9 heteroatoms. The minimum absolute atomic E-state index is 0.433. The van der Waals surface area contributed by atoms with Crippen molar-refractivity contribution in [2.75, 3.05) is 5.75 Å². The number of halogens is 3. The van der Waals surface area contributed by atoms with Crippen molar-refractivity contribution in [3.8, 4) is 0 Å². The second-order valence-electron chi connectivity index (χ2n) is 4.36. The highest BCUT2D eigenvalue weighted by Crippen LogP contribution is 2.21. The van der Waals surface area contributed by atoms with Crippen LogP contribution in [-0.2, 0) is 14.8 Å². The summed E-state index contributed by atoms with van der Waals surface area (Å²) in [5, 5.41) is 8.89. The third-order valence-corrected chi connectivity index (χ3v) is 4.10. The van der Waals surface area contributed by atoms with Gasteiger partial charge in [-0.25, -0.2) is 13.1 Å². The summed E-state index contributed by atoms with van der Waals surface area (Å²) in [5.41, 5.74) is 0. The molecule has 0 aliphatic carbocycles. The van der Waals surface area contributed by atoms with Gasteiger partial charge in [0.1, 0.15) is 6.04 Å². The molecular weight excluding hydrogens is 287 g/mol. The zero-order valence-electron chi connectivity index (χ0n) is 10.7. The fourth-order valence-electron chi connectivity index (χ4n) is 1.36. The molecule has 114 valence electrons. The van der Waals surface area contributed by atoms with Crippen LogP contribution in [0.5, 0.6) is 0 Å². The number of alkyl halides is 3. The Morgan fingerprint density at radius 3 is 2.26 bits per heavy atom. The van der Waals surface area contributed by atoms with E-state index in [1.165, 1.54) is 0 Å². The molecule has 0 aromatic heterocycles.